The predicted molar refractivity (Wildman–Crippen MR) is 88.1 cm³/mol. The maximum Gasteiger partial charge on any atom is 0.259 e. The van der Waals surface area contributed by atoms with E-state index in [2.05, 4.69) is 10.3 Å². The highest BCUT2D eigenvalue weighted by atomic mass is 35.5. The summed E-state index contributed by atoms with van der Waals surface area (Å²) >= 11 is 8.78. The lowest BCUT2D eigenvalue weighted by Crippen LogP contribution is -2.42. The molecule has 1 atom stereocenters. The second-order valence-electron chi connectivity index (χ2n) is 4.83. The smallest absolute Gasteiger partial charge is 0.259 e. The van der Waals surface area contributed by atoms with E-state index in [1.165, 1.54) is 11.3 Å². The molecule has 2 heterocycles. The molecule has 0 spiro atoms. The van der Waals surface area contributed by atoms with Crippen LogP contribution in [0.4, 0.5) is 5.13 Å². The summed E-state index contributed by atoms with van der Waals surface area (Å²) in [5.41, 5.74) is 0.447. The van der Waals surface area contributed by atoms with Crippen LogP contribution in [0.2, 0.25) is 5.02 Å². The van der Waals surface area contributed by atoms with Crippen molar-refractivity contribution in [2.45, 2.75) is 12.0 Å². The molecule has 0 aliphatic carbocycles. The first-order valence-corrected chi connectivity index (χ1v) is 8.81. The van der Waals surface area contributed by atoms with Crippen LogP contribution in [0.5, 0.6) is 0 Å². The number of aliphatic hydroxyl groups is 1. The van der Waals surface area contributed by atoms with Crippen LogP contribution in [0.3, 0.4) is 0 Å². The van der Waals surface area contributed by atoms with Gasteiger partial charge in [-0.25, -0.2) is 4.98 Å². The van der Waals surface area contributed by atoms with Gasteiger partial charge in [-0.3, -0.25) is 10.1 Å². The maximum atomic E-state index is 12.1. The molecule has 1 aliphatic rings. The number of carbonyl (C=O) groups excluding carboxylic acids is 1. The minimum Gasteiger partial charge on any atom is -0.379 e. The molecule has 21 heavy (non-hydrogen) atoms. The summed E-state index contributed by atoms with van der Waals surface area (Å²) in [5, 5.41) is 15.9. The van der Waals surface area contributed by atoms with Gasteiger partial charge in [0, 0.05) is 21.7 Å². The molecular formula is C14H13ClN2O2S2. The van der Waals surface area contributed by atoms with Gasteiger partial charge in [-0.1, -0.05) is 23.7 Å². The van der Waals surface area contributed by atoms with Gasteiger partial charge in [-0.2, -0.15) is 11.8 Å². The Morgan fingerprint density at radius 1 is 1.38 bits per heavy atom. The zero-order valence-corrected chi connectivity index (χ0v) is 13.4. The lowest BCUT2D eigenvalue weighted by atomic mass is 10.0. The topological polar surface area (TPSA) is 62.2 Å². The van der Waals surface area contributed by atoms with Crippen LogP contribution in [0.15, 0.2) is 29.6 Å². The molecule has 1 aromatic heterocycles. The second-order valence-corrected chi connectivity index (χ2v) is 7.23. The quantitative estimate of drug-likeness (QED) is 0.900. The molecule has 3 rings (SSSR count). The Bertz CT molecular complexity index is 651. The van der Waals surface area contributed by atoms with Crippen LogP contribution in [-0.2, 0) is 4.79 Å². The molecule has 2 N–H and O–H groups in total. The molecule has 1 saturated heterocycles. The fourth-order valence-electron chi connectivity index (χ4n) is 2.03. The van der Waals surface area contributed by atoms with Gasteiger partial charge in [0.2, 0.25) is 0 Å². The number of nitrogens with zero attached hydrogens (tertiary/aromatic N) is 1. The number of aromatic nitrogens is 1. The van der Waals surface area contributed by atoms with Crippen molar-refractivity contribution in [2.24, 2.45) is 0 Å². The fraction of sp³-hybridized carbons (Fsp3) is 0.286. The van der Waals surface area contributed by atoms with Crippen molar-refractivity contribution < 1.29 is 9.90 Å². The van der Waals surface area contributed by atoms with Gasteiger partial charge in [0.15, 0.2) is 10.7 Å². The normalized spacial score (nSPS) is 21.4. The molecular weight excluding hydrogens is 328 g/mol. The number of rotatable bonds is 3. The van der Waals surface area contributed by atoms with Crippen molar-refractivity contribution >= 4 is 45.7 Å². The zero-order chi connectivity index (χ0) is 14.9. The summed E-state index contributed by atoms with van der Waals surface area (Å²) in [4.78, 5) is 16.5. The molecule has 0 radical (unpaired) electrons. The minimum atomic E-state index is -1.27. The van der Waals surface area contributed by atoms with E-state index in [1.807, 2.05) is 17.5 Å². The van der Waals surface area contributed by atoms with E-state index in [9.17, 15) is 9.90 Å². The van der Waals surface area contributed by atoms with E-state index in [1.54, 1.807) is 23.9 Å². The van der Waals surface area contributed by atoms with Crippen LogP contribution in [0, 0.1) is 0 Å². The average Bonchev–Trinajstić information content (AvgIpc) is 3.10. The third-order valence-electron chi connectivity index (χ3n) is 3.29. The zero-order valence-electron chi connectivity index (χ0n) is 11.0. The van der Waals surface area contributed by atoms with Crippen LogP contribution in [-0.4, -0.2) is 33.1 Å². The van der Waals surface area contributed by atoms with Gasteiger partial charge in [0.25, 0.3) is 5.91 Å². The van der Waals surface area contributed by atoms with Gasteiger partial charge < -0.3 is 5.11 Å². The van der Waals surface area contributed by atoms with Gasteiger partial charge in [0.1, 0.15) is 0 Å². The number of thioether (sulfide) groups is 1. The summed E-state index contributed by atoms with van der Waals surface area (Å²) in [6.07, 6.45) is 0.485. The Labute approximate surface area is 135 Å². The first-order chi connectivity index (χ1) is 10.1. The number of anilines is 1. The van der Waals surface area contributed by atoms with Gasteiger partial charge in [-0.15, -0.1) is 11.3 Å². The van der Waals surface area contributed by atoms with E-state index in [0.717, 1.165) is 17.0 Å². The predicted octanol–water partition coefficient (Wildman–Crippen LogP) is 3.27. The highest BCUT2D eigenvalue weighted by molar-refractivity contribution is 7.99. The molecule has 4 nitrogen and oxygen atoms in total. The summed E-state index contributed by atoms with van der Waals surface area (Å²) in [6, 6.07) is 7.36. The van der Waals surface area contributed by atoms with Gasteiger partial charge in [0.05, 0.1) is 5.69 Å². The van der Waals surface area contributed by atoms with Crippen LogP contribution in [0.1, 0.15) is 6.42 Å². The van der Waals surface area contributed by atoms with Crippen molar-refractivity contribution in [1.82, 2.24) is 4.98 Å². The molecule has 110 valence electrons. The number of thiazole rings is 1. The van der Waals surface area contributed by atoms with Crippen molar-refractivity contribution in [1.29, 1.82) is 0 Å². The Balaban J connectivity index is 1.73. The number of benzene rings is 1. The first-order valence-electron chi connectivity index (χ1n) is 6.40. The van der Waals surface area contributed by atoms with Crippen molar-refractivity contribution in [2.75, 3.05) is 16.8 Å². The number of nitrogens with one attached hydrogen (secondary N) is 1. The minimum absolute atomic E-state index is 0.371. The standard InChI is InChI=1S/C14H13ClN2O2S2/c15-10-3-1-9(2-4-10)11-7-21-13(16-11)17-12(18)14(19)5-6-20-8-14/h1-4,7,19H,5-6,8H2,(H,16,17,18). The Morgan fingerprint density at radius 3 is 2.81 bits per heavy atom. The molecule has 1 amide bonds. The number of halogens is 1. The molecule has 1 fully saturated rings. The molecule has 7 heteroatoms. The lowest BCUT2D eigenvalue weighted by molar-refractivity contribution is -0.131. The third-order valence-corrected chi connectivity index (χ3v) is 5.47. The summed E-state index contributed by atoms with van der Waals surface area (Å²) in [7, 11) is 0. The number of amides is 1. The summed E-state index contributed by atoms with van der Waals surface area (Å²) in [5.74, 6) is 0.871. The van der Waals surface area contributed by atoms with Crippen molar-refractivity contribution in [3.63, 3.8) is 0 Å². The molecule has 1 unspecified atom stereocenters. The Kier molecular flexibility index (Phi) is 4.21. The van der Waals surface area contributed by atoms with Crippen LogP contribution < -0.4 is 5.32 Å². The van der Waals surface area contributed by atoms with E-state index in [-0.39, 0.29) is 5.91 Å². The molecule has 1 aromatic carbocycles. The maximum absolute atomic E-state index is 12.1. The SMILES string of the molecule is O=C(Nc1nc(-c2ccc(Cl)cc2)cs1)C1(O)CCSC1. The van der Waals surface area contributed by atoms with Crippen LogP contribution in [0.25, 0.3) is 11.3 Å². The van der Waals surface area contributed by atoms with Crippen molar-refractivity contribution in [3.05, 3.63) is 34.7 Å². The van der Waals surface area contributed by atoms with E-state index >= 15 is 0 Å². The first kappa shape index (κ1) is 14.8. The summed E-state index contributed by atoms with van der Waals surface area (Å²) < 4.78 is 0. The van der Waals surface area contributed by atoms with Gasteiger partial charge >= 0.3 is 0 Å². The lowest BCUT2D eigenvalue weighted by Gasteiger charge is -2.18. The largest absolute Gasteiger partial charge is 0.379 e. The van der Waals surface area contributed by atoms with E-state index in [0.29, 0.717) is 22.3 Å². The fourth-order valence-corrected chi connectivity index (χ4v) is 4.11. The van der Waals surface area contributed by atoms with E-state index < -0.39 is 5.60 Å². The van der Waals surface area contributed by atoms with Crippen LogP contribution >= 0.6 is 34.7 Å². The Hall–Kier alpha value is -1.08. The number of hydrogen-bond acceptors (Lipinski definition) is 5. The summed E-state index contributed by atoms with van der Waals surface area (Å²) in [6.45, 7) is 0. The number of hydrogen-bond donors (Lipinski definition) is 2. The Morgan fingerprint density at radius 2 is 2.14 bits per heavy atom. The molecule has 2 aromatic rings. The highest BCUT2D eigenvalue weighted by Crippen LogP contribution is 2.30. The molecule has 0 bridgehead atoms. The average molecular weight is 341 g/mol. The van der Waals surface area contributed by atoms with E-state index in [4.69, 9.17) is 11.6 Å². The monoisotopic (exact) mass is 340 g/mol. The second kappa shape index (κ2) is 5.96. The highest BCUT2D eigenvalue weighted by Gasteiger charge is 2.39. The van der Waals surface area contributed by atoms with Gasteiger partial charge in [-0.05, 0) is 24.3 Å². The number of carbonyl (C=O) groups is 1. The van der Waals surface area contributed by atoms with Crippen molar-refractivity contribution in [3.8, 4) is 11.3 Å². The third kappa shape index (κ3) is 3.23. The molecule has 0 saturated carbocycles. The molecule has 1 aliphatic heterocycles.